The van der Waals surface area contributed by atoms with E-state index in [0.29, 0.717) is 25.7 Å². The van der Waals surface area contributed by atoms with Gasteiger partial charge >= 0.3 is 18.0 Å². The van der Waals surface area contributed by atoms with Gasteiger partial charge in [-0.15, -0.1) is 0 Å². The molecule has 7 atom stereocenters. The molecule has 0 saturated carbocycles. The van der Waals surface area contributed by atoms with Crippen LogP contribution in [-0.2, 0) is 46.1 Å². The van der Waals surface area contributed by atoms with Gasteiger partial charge in [0.2, 0.25) is 0 Å². The van der Waals surface area contributed by atoms with Crippen molar-refractivity contribution in [3.63, 3.8) is 0 Å². The van der Waals surface area contributed by atoms with Gasteiger partial charge in [0.25, 0.3) is 0 Å². The first-order valence-electron chi connectivity index (χ1n) is 15.5. The zero-order chi connectivity index (χ0) is 33.2. The number of hydrogen-bond donors (Lipinski definition) is 2. The Morgan fingerprint density at radius 2 is 1.43 bits per heavy atom. The van der Waals surface area contributed by atoms with E-state index in [2.05, 4.69) is 5.32 Å². The van der Waals surface area contributed by atoms with E-state index in [1.54, 1.807) is 0 Å². The Kier molecular flexibility index (Phi) is 11.7. The first kappa shape index (κ1) is 33.8. The van der Waals surface area contributed by atoms with Crippen LogP contribution in [0.4, 0.5) is 14.9 Å². The van der Waals surface area contributed by atoms with Gasteiger partial charge in [-0.1, -0.05) is 78.9 Å². The molecule has 2 aliphatic rings. The van der Waals surface area contributed by atoms with Gasteiger partial charge in [-0.2, -0.15) is 0 Å². The van der Waals surface area contributed by atoms with Crippen LogP contribution in [0, 0.1) is 17.7 Å². The summed E-state index contributed by atoms with van der Waals surface area (Å²) in [6.07, 6.45) is -2.66. The van der Waals surface area contributed by atoms with Crippen LogP contribution in [0.1, 0.15) is 24.0 Å². The van der Waals surface area contributed by atoms with Crippen LogP contribution in [0.2, 0.25) is 0 Å². The molecule has 248 valence electrons. The number of aliphatic hydroxyl groups excluding tert-OH is 1. The molecule has 11 heteroatoms. The number of benzene rings is 3. The quantitative estimate of drug-likeness (QED) is 0.197. The first-order chi connectivity index (χ1) is 22.8. The van der Waals surface area contributed by atoms with Crippen molar-refractivity contribution in [2.24, 2.45) is 11.8 Å². The van der Waals surface area contributed by atoms with Gasteiger partial charge < -0.3 is 28.8 Å². The lowest BCUT2D eigenvalue weighted by molar-refractivity contribution is -0.300. The minimum absolute atomic E-state index is 0.110. The molecule has 1 amide bonds. The molecule has 3 aromatic rings. The van der Waals surface area contributed by atoms with E-state index in [1.807, 2.05) is 72.8 Å². The van der Waals surface area contributed by atoms with Crippen molar-refractivity contribution in [3.05, 3.63) is 114 Å². The Hall–Kier alpha value is -4.58. The monoisotopic (exact) mass is 647 g/mol. The summed E-state index contributed by atoms with van der Waals surface area (Å²) in [6, 6.07) is 24.1. The molecule has 47 heavy (non-hydrogen) atoms. The summed E-state index contributed by atoms with van der Waals surface area (Å²) in [7, 11) is 1.32. The number of amides is 1. The summed E-state index contributed by atoms with van der Waals surface area (Å²) in [4.78, 5) is 40.7. The van der Waals surface area contributed by atoms with E-state index in [1.165, 1.54) is 25.3 Å². The van der Waals surface area contributed by atoms with Gasteiger partial charge in [-0.25, -0.2) is 9.18 Å². The van der Waals surface area contributed by atoms with E-state index in [4.69, 9.17) is 23.7 Å². The lowest BCUT2D eigenvalue weighted by atomic mass is 9.92. The number of allylic oxidation sites excluding steroid dienone is 2. The molecular formula is C36H38FNO9. The Balaban J connectivity index is 1.49. The van der Waals surface area contributed by atoms with Gasteiger partial charge in [-0.3, -0.25) is 14.9 Å². The minimum Gasteiger partial charge on any atom is -0.454 e. The smallest absolute Gasteiger partial charge is 0.412 e. The highest BCUT2D eigenvalue weighted by molar-refractivity contribution is 5.84. The fourth-order valence-corrected chi connectivity index (χ4v) is 5.76. The zero-order valence-corrected chi connectivity index (χ0v) is 25.9. The van der Waals surface area contributed by atoms with E-state index in [-0.39, 0.29) is 5.69 Å². The number of halogens is 1. The molecule has 0 radical (unpaired) electrons. The number of aliphatic hydroxyl groups is 1. The van der Waals surface area contributed by atoms with Gasteiger partial charge in [0.15, 0.2) is 24.6 Å². The number of ether oxygens (including phenoxy) is 5. The normalized spacial score (nSPS) is 27.2. The third-order valence-corrected chi connectivity index (χ3v) is 8.15. The van der Waals surface area contributed by atoms with E-state index >= 15 is 0 Å². The topological polar surface area (TPSA) is 130 Å². The second kappa shape index (κ2) is 16.3. The van der Waals surface area contributed by atoms with Crippen LogP contribution in [0.25, 0.3) is 0 Å². The van der Waals surface area contributed by atoms with Crippen molar-refractivity contribution in [2.75, 3.05) is 19.0 Å². The number of carbonyl (C=O) groups is 3. The summed E-state index contributed by atoms with van der Waals surface area (Å²) in [5.74, 6) is -3.06. The van der Waals surface area contributed by atoms with Gasteiger partial charge in [0.1, 0.15) is 11.9 Å². The van der Waals surface area contributed by atoms with E-state index in [0.717, 1.165) is 17.2 Å². The SMILES string of the molecule is CO[C@H]1O[C@H](CO)[C@@H](OC(=O)Nc2cccc(F)c2)[C@@H]2OC(=O)[C@H](Cc3ccccc3)C/C=C/C[C@@H](Cc3ccccc3)C(=O)O[C@@H]12. The second-order valence-corrected chi connectivity index (χ2v) is 11.5. The Bertz CT molecular complexity index is 1520. The molecule has 1 saturated heterocycles. The Morgan fingerprint density at radius 3 is 1.96 bits per heavy atom. The first-order valence-corrected chi connectivity index (χ1v) is 15.5. The Labute approximate surface area is 272 Å². The molecule has 2 heterocycles. The number of methoxy groups -OCH3 is 1. The molecule has 0 aromatic heterocycles. The third kappa shape index (κ3) is 9.03. The van der Waals surface area contributed by atoms with Crippen LogP contribution >= 0.6 is 0 Å². The molecule has 3 aromatic carbocycles. The van der Waals surface area contributed by atoms with Crippen molar-refractivity contribution in [3.8, 4) is 0 Å². The molecule has 0 unspecified atom stereocenters. The lowest BCUT2D eigenvalue weighted by Gasteiger charge is -2.44. The number of hydrogen-bond acceptors (Lipinski definition) is 9. The maximum absolute atomic E-state index is 13.9. The van der Waals surface area contributed by atoms with E-state index < -0.39 is 73.0 Å². The molecule has 0 spiro atoms. The van der Waals surface area contributed by atoms with Crippen LogP contribution in [0.3, 0.4) is 0 Å². The lowest BCUT2D eigenvalue weighted by Crippen LogP contribution is -2.63. The molecular weight excluding hydrogens is 609 g/mol. The average Bonchev–Trinajstić information content (AvgIpc) is 3.07. The molecule has 0 aliphatic carbocycles. The zero-order valence-electron chi connectivity index (χ0n) is 25.9. The van der Waals surface area contributed by atoms with Crippen molar-refractivity contribution in [1.29, 1.82) is 0 Å². The van der Waals surface area contributed by atoms with Gasteiger partial charge in [0.05, 0.1) is 18.4 Å². The minimum atomic E-state index is -1.44. The van der Waals surface area contributed by atoms with Crippen molar-refractivity contribution in [2.45, 2.75) is 56.4 Å². The number of nitrogens with one attached hydrogen (secondary N) is 1. The molecule has 2 N–H and O–H groups in total. The second-order valence-electron chi connectivity index (χ2n) is 11.5. The largest absolute Gasteiger partial charge is 0.454 e. The standard InChI is InChI=1S/C36H38FNO9/c1-43-35-32-31(30(29(22-39)44-35)47-36(42)38-28-18-10-17-27(37)21-28)45-33(40)25(19-23-11-4-2-5-12-23)15-8-9-16-26(34(41)46-32)20-24-13-6-3-7-14-24/h2-14,17-18,21,25-26,29-32,35,39H,15-16,19-20,22H2,1H3,(H,38,42)/b9-8+/t25-,26-,29+,30+,31-,32+,35-/m0/s1. The maximum atomic E-state index is 13.9. The predicted molar refractivity (Wildman–Crippen MR) is 168 cm³/mol. The summed E-state index contributed by atoms with van der Waals surface area (Å²) < 4.78 is 43.0. The number of esters is 2. The number of anilines is 1. The summed E-state index contributed by atoms with van der Waals surface area (Å²) in [5.41, 5.74) is 1.95. The molecule has 0 bridgehead atoms. The highest BCUT2D eigenvalue weighted by Gasteiger charge is 2.53. The molecule has 1 fully saturated rings. The summed E-state index contributed by atoms with van der Waals surface area (Å²) in [6.45, 7) is -0.653. The van der Waals surface area contributed by atoms with Gasteiger partial charge in [-0.05, 0) is 55.0 Å². The van der Waals surface area contributed by atoms with Crippen LogP contribution in [-0.4, -0.2) is 67.6 Å². The third-order valence-electron chi connectivity index (χ3n) is 8.15. The highest BCUT2D eigenvalue weighted by Crippen LogP contribution is 2.32. The summed E-state index contributed by atoms with van der Waals surface area (Å²) in [5, 5.41) is 12.7. The van der Waals surface area contributed by atoms with Gasteiger partial charge in [0, 0.05) is 12.8 Å². The number of carbonyl (C=O) groups excluding carboxylic acids is 3. The van der Waals surface area contributed by atoms with Crippen molar-refractivity contribution >= 4 is 23.7 Å². The van der Waals surface area contributed by atoms with Crippen LogP contribution < -0.4 is 5.32 Å². The number of rotatable bonds is 8. The van der Waals surface area contributed by atoms with Crippen LogP contribution in [0.5, 0.6) is 0 Å². The van der Waals surface area contributed by atoms with Crippen molar-refractivity contribution < 1.29 is 47.6 Å². The molecule has 2 aliphatic heterocycles. The average molecular weight is 648 g/mol. The van der Waals surface area contributed by atoms with Crippen LogP contribution in [0.15, 0.2) is 97.1 Å². The maximum Gasteiger partial charge on any atom is 0.412 e. The molecule has 5 rings (SSSR count). The predicted octanol–water partition coefficient (Wildman–Crippen LogP) is 5.00. The fraction of sp³-hybridized carbons (Fsp3) is 0.361. The van der Waals surface area contributed by atoms with E-state index in [9.17, 15) is 23.9 Å². The Morgan fingerprint density at radius 1 is 0.851 bits per heavy atom. The molecule has 10 nitrogen and oxygen atoms in total. The fourth-order valence-electron chi connectivity index (χ4n) is 5.76. The summed E-state index contributed by atoms with van der Waals surface area (Å²) >= 11 is 0. The highest BCUT2D eigenvalue weighted by atomic mass is 19.1. The number of fused-ring (bicyclic) bond motifs is 1. The van der Waals surface area contributed by atoms with Crippen molar-refractivity contribution in [1.82, 2.24) is 0 Å².